The van der Waals surface area contributed by atoms with E-state index < -0.39 is 0 Å². The third-order valence-electron chi connectivity index (χ3n) is 6.36. The highest BCUT2D eigenvalue weighted by molar-refractivity contribution is 5.74. The first-order chi connectivity index (χ1) is 17.2. The summed E-state index contributed by atoms with van der Waals surface area (Å²) >= 11 is 0. The van der Waals surface area contributed by atoms with Crippen LogP contribution in [0.25, 0.3) is 28.1 Å². The van der Waals surface area contributed by atoms with Crippen LogP contribution in [-0.2, 0) is 6.54 Å². The fraction of sp³-hybridized carbons (Fsp3) is 0.182. The molecule has 0 fully saturated rings. The normalized spacial score (nSPS) is 12.6. The molecular weight excluding hydrogens is 424 g/mol. The van der Waals surface area contributed by atoms with Crippen LogP contribution in [0.1, 0.15) is 36.1 Å². The summed E-state index contributed by atoms with van der Waals surface area (Å²) in [7, 11) is 0. The first-order valence-electron chi connectivity index (χ1n) is 12.5. The van der Waals surface area contributed by atoms with Crippen molar-refractivity contribution in [2.24, 2.45) is 0 Å². The van der Waals surface area contributed by atoms with E-state index in [1.54, 1.807) is 0 Å². The maximum absolute atomic E-state index is 3.31. The van der Waals surface area contributed by atoms with Crippen molar-refractivity contribution in [3.63, 3.8) is 0 Å². The zero-order chi connectivity index (χ0) is 24.6. The largest absolute Gasteiger partial charge is 0.381 e. The van der Waals surface area contributed by atoms with E-state index in [1.807, 2.05) is 19.9 Å². The van der Waals surface area contributed by atoms with Crippen molar-refractivity contribution >= 4 is 5.70 Å². The number of nitrogens with one attached hydrogen (secondary N) is 1. The predicted molar refractivity (Wildman–Crippen MR) is 149 cm³/mol. The van der Waals surface area contributed by atoms with Crippen LogP contribution in [0.5, 0.6) is 0 Å². The number of hydrogen-bond donors (Lipinski definition) is 1. The van der Waals surface area contributed by atoms with E-state index in [0.717, 1.165) is 13.1 Å². The number of rotatable bonds is 2. The number of dihydropyridines is 1. The SMILES string of the molecule is C1=CCNC(c2ccccc2)=C1.CC.Cc1cc2[n+](cc1C)Cc1ccc(-c3ccccc3)cc1-2. The monoisotopic (exact) mass is 459 g/mol. The van der Waals surface area contributed by atoms with Crippen molar-refractivity contribution in [3.05, 3.63) is 132 Å². The predicted octanol–water partition coefficient (Wildman–Crippen LogP) is 7.50. The van der Waals surface area contributed by atoms with E-state index in [1.165, 1.54) is 50.3 Å². The first-order valence-corrected chi connectivity index (χ1v) is 12.5. The topological polar surface area (TPSA) is 15.9 Å². The van der Waals surface area contributed by atoms with Crippen molar-refractivity contribution in [2.75, 3.05) is 6.54 Å². The van der Waals surface area contributed by atoms with Gasteiger partial charge in [-0.05, 0) is 48.2 Å². The van der Waals surface area contributed by atoms with Gasteiger partial charge in [-0.15, -0.1) is 0 Å². The van der Waals surface area contributed by atoms with Gasteiger partial charge >= 0.3 is 0 Å². The second kappa shape index (κ2) is 11.5. The summed E-state index contributed by atoms with van der Waals surface area (Å²) < 4.78 is 2.36. The van der Waals surface area contributed by atoms with Gasteiger partial charge in [-0.3, -0.25) is 0 Å². The Balaban J connectivity index is 0.000000176. The second-order valence-corrected chi connectivity index (χ2v) is 8.65. The molecule has 0 unspecified atom stereocenters. The quantitative estimate of drug-likeness (QED) is 0.270. The molecule has 1 aromatic heterocycles. The molecule has 35 heavy (non-hydrogen) atoms. The van der Waals surface area contributed by atoms with Gasteiger partial charge in [-0.1, -0.05) is 98.8 Å². The van der Waals surface area contributed by atoms with Gasteiger partial charge in [0.15, 0.2) is 12.7 Å². The average molecular weight is 460 g/mol. The lowest BCUT2D eigenvalue weighted by Crippen LogP contribution is -2.32. The minimum Gasteiger partial charge on any atom is -0.381 e. The number of aromatic nitrogens is 1. The van der Waals surface area contributed by atoms with Gasteiger partial charge in [0.05, 0.1) is 5.56 Å². The zero-order valence-electron chi connectivity index (χ0n) is 21.3. The third kappa shape index (κ3) is 5.60. The Morgan fingerprint density at radius 2 is 1.40 bits per heavy atom. The summed E-state index contributed by atoms with van der Waals surface area (Å²) in [5, 5.41) is 3.31. The number of benzene rings is 3. The minimum absolute atomic E-state index is 0.931. The number of hydrogen-bond acceptors (Lipinski definition) is 1. The molecule has 0 bridgehead atoms. The molecule has 1 N–H and O–H groups in total. The lowest BCUT2D eigenvalue weighted by atomic mass is 9.98. The van der Waals surface area contributed by atoms with Gasteiger partial charge in [0, 0.05) is 29.4 Å². The molecule has 2 nitrogen and oxygen atoms in total. The van der Waals surface area contributed by atoms with Gasteiger partial charge in [0.2, 0.25) is 5.69 Å². The van der Waals surface area contributed by atoms with Gasteiger partial charge in [0.25, 0.3) is 0 Å². The Hall–Kier alpha value is -3.91. The molecular formula is C33H35N2+. The molecule has 2 aliphatic rings. The molecule has 2 aliphatic heterocycles. The van der Waals surface area contributed by atoms with Gasteiger partial charge in [-0.25, -0.2) is 0 Å². The van der Waals surface area contributed by atoms with Crippen molar-refractivity contribution in [1.82, 2.24) is 5.32 Å². The molecule has 0 aliphatic carbocycles. The maximum Gasteiger partial charge on any atom is 0.213 e. The molecule has 0 saturated carbocycles. The maximum atomic E-state index is 3.31. The van der Waals surface area contributed by atoms with E-state index in [2.05, 4.69) is 127 Å². The smallest absolute Gasteiger partial charge is 0.213 e. The Labute approximate surface area is 210 Å². The molecule has 3 aromatic carbocycles. The highest BCUT2D eigenvalue weighted by Crippen LogP contribution is 2.32. The summed E-state index contributed by atoms with van der Waals surface area (Å²) in [6.07, 6.45) is 8.55. The Morgan fingerprint density at radius 1 is 0.714 bits per heavy atom. The van der Waals surface area contributed by atoms with Crippen LogP contribution in [0.4, 0.5) is 0 Å². The Bertz CT molecular complexity index is 1330. The van der Waals surface area contributed by atoms with Crippen molar-refractivity contribution in [2.45, 2.75) is 34.2 Å². The molecule has 176 valence electrons. The highest BCUT2D eigenvalue weighted by Gasteiger charge is 2.26. The van der Waals surface area contributed by atoms with Gasteiger partial charge < -0.3 is 5.32 Å². The number of pyridine rings is 1. The zero-order valence-corrected chi connectivity index (χ0v) is 21.3. The lowest BCUT2D eigenvalue weighted by Gasteiger charge is -2.11. The van der Waals surface area contributed by atoms with Crippen LogP contribution < -0.4 is 9.88 Å². The fourth-order valence-electron chi connectivity index (χ4n) is 4.39. The van der Waals surface area contributed by atoms with Crippen molar-refractivity contribution in [1.29, 1.82) is 0 Å². The van der Waals surface area contributed by atoms with E-state index in [9.17, 15) is 0 Å². The van der Waals surface area contributed by atoms with Gasteiger partial charge in [-0.2, -0.15) is 4.57 Å². The summed E-state index contributed by atoms with van der Waals surface area (Å²) in [4.78, 5) is 0. The molecule has 6 rings (SSSR count). The summed E-state index contributed by atoms with van der Waals surface area (Å²) in [5.41, 5.74) is 11.9. The number of allylic oxidation sites excluding steroid dienone is 2. The molecule has 0 amide bonds. The Kier molecular flexibility index (Phi) is 7.95. The van der Waals surface area contributed by atoms with E-state index in [4.69, 9.17) is 0 Å². The second-order valence-electron chi connectivity index (χ2n) is 8.65. The molecule has 0 atom stereocenters. The van der Waals surface area contributed by atoms with Crippen LogP contribution in [0, 0.1) is 13.8 Å². The fourth-order valence-corrected chi connectivity index (χ4v) is 4.39. The number of nitrogens with zero attached hydrogens (tertiary/aromatic N) is 1. The summed E-state index contributed by atoms with van der Waals surface area (Å²) in [6, 6.07) is 30.1. The molecule has 0 spiro atoms. The third-order valence-corrected chi connectivity index (χ3v) is 6.36. The van der Waals surface area contributed by atoms with Crippen LogP contribution in [0.3, 0.4) is 0 Å². The van der Waals surface area contributed by atoms with E-state index in [-0.39, 0.29) is 0 Å². The summed E-state index contributed by atoms with van der Waals surface area (Å²) in [6.45, 7) is 10.3. The Morgan fingerprint density at radius 3 is 2.06 bits per heavy atom. The van der Waals surface area contributed by atoms with Crippen molar-refractivity contribution < 1.29 is 4.57 Å². The van der Waals surface area contributed by atoms with Crippen molar-refractivity contribution in [3.8, 4) is 22.4 Å². The lowest BCUT2D eigenvalue weighted by molar-refractivity contribution is -0.672. The van der Waals surface area contributed by atoms with Crippen LogP contribution in [-0.4, -0.2) is 6.54 Å². The minimum atomic E-state index is 0.931. The average Bonchev–Trinajstić information content (AvgIpc) is 3.28. The number of aryl methyl sites for hydroxylation is 2. The number of fused-ring (bicyclic) bond motifs is 3. The van der Waals surface area contributed by atoms with Crippen LogP contribution in [0.15, 0.2) is 109 Å². The standard InChI is InChI=1S/C20H18N.C11H11N.C2H6/c1-14-10-20-19-11-17(16-6-4-3-5-7-16)8-9-18(19)13-21(20)12-15(14)2;1-2-6-10(7-3-1)11-8-4-5-9-12-11;1-2/h3-12H,13H2,1-2H3;1-8,12H,9H2;1-2H3/q+1;;. The van der Waals surface area contributed by atoms with E-state index in [0.29, 0.717) is 0 Å². The van der Waals surface area contributed by atoms with Crippen LogP contribution >= 0.6 is 0 Å². The first kappa shape index (κ1) is 24.2. The van der Waals surface area contributed by atoms with Gasteiger partial charge in [0.1, 0.15) is 0 Å². The molecule has 0 saturated heterocycles. The summed E-state index contributed by atoms with van der Waals surface area (Å²) in [5.74, 6) is 0. The van der Waals surface area contributed by atoms with Crippen LogP contribution in [0.2, 0.25) is 0 Å². The van der Waals surface area contributed by atoms with E-state index >= 15 is 0 Å². The molecule has 2 heteroatoms. The molecule has 4 aromatic rings. The highest BCUT2D eigenvalue weighted by atomic mass is 15.0. The molecule has 0 radical (unpaired) electrons. The molecule has 3 heterocycles.